The average Bonchev–Trinajstić information content (AvgIpc) is 2.85. The summed E-state index contributed by atoms with van der Waals surface area (Å²) in [6, 6.07) is 8.88. The second-order valence-corrected chi connectivity index (χ2v) is 10.7. The van der Waals surface area contributed by atoms with Crippen molar-refractivity contribution < 1.29 is 39.6 Å². The Morgan fingerprint density at radius 3 is 2.42 bits per heavy atom. The van der Waals surface area contributed by atoms with Crippen molar-refractivity contribution in [3.8, 4) is 16.9 Å². The number of primary amides is 1. The number of ketones is 2. The Morgan fingerprint density at radius 2 is 1.80 bits per heavy atom. The van der Waals surface area contributed by atoms with E-state index in [1.54, 1.807) is 44.4 Å². The van der Waals surface area contributed by atoms with Gasteiger partial charge in [0.15, 0.2) is 11.4 Å². The van der Waals surface area contributed by atoms with Crippen LogP contribution in [0.5, 0.6) is 5.75 Å². The molecule has 40 heavy (non-hydrogen) atoms. The number of aliphatic hydroxyl groups is 3. The molecule has 0 bridgehead atoms. The summed E-state index contributed by atoms with van der Waals surface area (Å²) < 4.78 is 0. The number of phenolic OH excluding ortho intramolecular Hbond substituents is 1. The molecule has 0 spiro atoms. The van der Waals surface area contributed by atoms with E-state index >= 15 is 0 Å². The van der Waals surface area contributed by atoms with E-state index < -0.39 is 58.0 Å². The molecule has 0 aromatic heterocycles. The number of fused-ring (bicyclic) bond motifs is 3. The number of benzene rings is 2. The third-order valence-electron chi connectivity index (χ3n) is 8.10. The lowest BCUT2D eigenvalue weighted by Crippen LogP contribution is -2.65. The molecular weight excluding hydrogens is 518 g/mol. The molecule has 2 aromatic rings. The van der Waals surface area contributed by atoms with Gasteiger partial charge in [0.1, 0.15) is 22.8 Å². The number of nitrogens with one attached hydrogen (secondary N) is 1. The van der Waals surface area contributed by atoms with E-state index in [-0.39, 0.29) is 35.6 Å². The molecule has 0 radical (unpaired) electrons. The fraction of sp³-hybridized carbons (Fsp3) is 0.310. The molecule has 7 N–H and O–H groups in total. The van der Waals surface area contributed by atoms with Gasteiger partial charge < -0.3 is 31.5 Å². The Hall–Kier alpha value is -4.48. The molecule has 1 fully saturated rings. The van der Waals surface area contributed by atoms with E-state index in [2.05, 4.69) is 5.32 Å². The maximum absolute atomic E-state index is 13.9. The quantitative estimate of drug-likeness (QED) is 0.309. The number of hydrogen-bond acceptors (Lipinski definition) is 9. The maximum atomic E-state index is 13.9. The summed E-state index contributed by atoms with van der Waals surface area (Å²) in [6.45, 7) is 1.39. The number of aromatic hydroxyl groups is 1. The fourth-order valence-corrected chi connectivity index (χ4v) is 6.48. The van der Waals surface area contributed by atoms with Crippen LogP contribution in [0.25, 0.3) is 16.9 Å². The van der Waals surface area contributed by atoms with Gasteiger partial charge in [-0.25, -0.2) is 0 Å². The van der Waals surface area contributed by atoms with Crippen LogP contribution in [-0.4, -0.2) is 74.4 Å². The van der Waals surface area contributed by atoms with Gasteiger partial charge in [-0.05, 0) is 67.7 Å². The zero-order chi connectivity index (χ0) is 29.3. The number of carbonyl (C=O) groups excluding carboxylic acids is 4. The molecule has 3 aliphatic carbocycles. The smallest absolute Gasteiger partial charge is 0.255 e. The number of anilines is 1. The third-order valence-corrected chi connectivity index (χ3v) is 8.10. The first kappa shape index (κ1) is 27.1. The molecular formula is C29H29N3O8. The lowest BCUT2D eigenvalue weighted by Gasteiger charge is -2.50. The number of rotatable bonds is 4. The van der Waals surface area contributed by atoms with Crippen LogP contribution in [-0.2, 0) is 25.6 Å². The SMILES string of the molecule is CC(=O)Nc1cccc(-c2ccc(O)c3c2CC2CC4[C@H](N(C)C)C(=O)C(C(N)=O)=C(O)[C@@]4(O)C(=O)C2=C3O)c1. The Labute approximate surface area is 229 Å². The van der Waals surface area contributed by atoms with Crippen LogP contribution in [0.3, 0.4) is 0 Å². The number of phenols is 1. The summed E-state index contributed by atoms with van der Waals surface area (Å²) in [5.74, 6) is -7.25. The summed E-state index contributed by atoms with van der Waals surface area (Å²) in [4.78, 5) is 52.3. The zero-order valence-corrected chi connectivity index (χ0v) is 22.1. The standard InChI is InChI=1S/C29H29N3O8/c1-12(33)31-15-6-4-5-13(9-15)16-7-8-19(34)21-17(16)10-14-11-18-23(32(2)3)25(36)22(28(30)39)27(38)29(18,40)26(37)20(14)24(21)35/h4-9,14,18,23,34-35,38,40H,10-11H2,1-3H3,(H2,30,39)(H,31,33)/t14?,18?,23-,29-/m0/s1. The van der Waals surface area contributed by atoms with Gasteiger partial charge in [-0.1, -0.05) is 18.2 Å². The van der Waals surface area contributed by atoms with Gasteiger partial charge in [0.05, 0.1) is 11.6 Å². The largest absolute Gasteiger partial charge is 0.508 e. The van der Waals surface area contributed by atoms with Crippen LogP contribution in [0.15, 0.2) is 53.3 Å². The first-order chi connectivity index (χ1) is 18.8. The molecule has 3 aliphatic rings. The Balaban J connectivity index is 1.71. The van der Waals surface area contributed by atoms with Crippen molar-refractivity contribution in [1.82, 2.24) is 4.90 Å². The summed E-state index contributed by atoms with van der Waals surface area (Å²) in [7, 11) is 3.09. The van der Waals surface area contributed by atoms with Gasteiger partial charge >= 0.3 is 0 Å². The van der Waals surface area contributed by atoms with Crippen LogP contribution < -0.4 is 11.1 Å². The average molecular weight is 548 g/mol. The summed E-state index contributed by atoms with van der Waals surface area (Å²) in [5.41, 5.74) is 3.99. The van der Waals surface area contributed by atoms with Crippen molar-refractivity contribution in [3.05, 3.63) is 64.4 Å². The number of hydrogen-bond donors (Lipinski definition) is 6. The highest BCUT2D eigenvalue weighted by atomic mass is 16.3. The predicted molar refractivity (Wildman–Crippen MR) is 144 cm³/mol. The number of aliphatic hydroxyl groups excluding tert-OH is 2. The molecule has 0 aliphatic heterocycles. The van der Waals surface area contributed by atoms with E-state index in [4.69, 9.17) is 5.73 Å². The van der Waals surface area contributed by atoms with Gasteiger partial charge in [0.2, 0.25) is 11.7 Å². The highest BCUT2D eigenvalue weighted by Crippen LogP contribution is 2.53. The number of likely N-dealkylation sites (N-methyl/N-ethyl adjacent to an activating group) is 1. The molecule has 4 atom stereocenters. The minimum Gasteiger partial charge on any atom is -0.508 e. The molecule has 0 heterocycles. The van der Waals surface area contributed by atoms with E-state index in [9.17, 15) is 39.6 Å². The normalized spacial score (nSPS) is 25.9. The van der Waals surface area contributed by atoms with Crippen LogP contribution in [0.2, 0.25) is 0 Å². The molecule has 2 aromatic carbocycles. The molecule has 208 valence electrons. The topological polar surface area (TPSA) is 190 Å². The molecule has 11 nitrogen and oxygen atoms in total. The number of nitrogens with two attached hydrogens (primary N) is 1. The molecule has 5 rings (SSSR count). The number of amides is 2. The van der Waals surface area contributed by atoms with E-state index in [1.807, 2.05) is 0 Å². The van der Waals surface area contributed by atoms with Crippen LogP contribution in [0, 0.1) is 11.8 Å². The molecule has 2 amide bonds. The van der Waals surface area contributed by atoms with E-state index in [0.717, 1.165) is 0 Å². The van der Waals surface area contributed by atoms with Crippen molar-refractivity contribution in [2.24, 2.45) is 17.6 Å². The first-order valence-electron chi connectivity index (χ1n) is 12.7. The molecule has 11 heteroatoms. The predicted octanol–water partition coefficient (Wildman–Crippen LogP) is 1.59. The van der Waals surface area contributed by atoms with Gasteiger partial charge in [0, 0.05) is 24.1 Å². The van der Waals surface area contributed by atoms with Crippen molar-refractivity contribution in [2.45, 2.75) is 31.4 Å². The summed E-state index contributed by atoms with van der Waals surface area (Å²) in [5, 5.41) is 47.5. The highest BCUT2D eigenvalue weighted by molar-refractivity contribution is 6.24. The molecule has 0 saturated heterocycles. The number of carbonyl (C=O) groups is 4. The monoisotopic (exact) mass is 547 g/mol. The second kappa shape index (κ2) is 9.32. The minimum absolute atomic E-state index is 0.00119. The maximum Gasteiger partial charge on any atom is 0.255 e. The van der Waals surface area contributed by atoms with E-state index in [1.165, 1.54) is 17.9 Å². The second-order valence-electron chi connectivity index (χ2n) is 10.7. The van der Waals surface area contributed by atoms with E-state index in [0.29, 0.717) is 22.4 Å². The van der Waals surface area contributed by atoms with Crippen LogP contribution in [0.4, 0.5) is 5.69 Å². The lowest BCUT2D eigenvalue weighted by atomic mass is 9.57. The number of nitrogens with zero attached hydrogens (tertiary/aromatic N) is 1. The Bertz CT molecular complexity index is 1570. The van der Waals surface area contributed by atoms with Gasteiger partial charge in [-0.15, -0.1) is 0 Å². The summed E-state index contributed by atoms with van der Waals surface area (Å²) in [6.07, 6.45) is 0.148. The summed E-state index contributed by atoms with van der Waals surface area (Å²) >= 11 is 0. The fourth-order valence-electron chi connectivity index (χ4n) is 6.48. The Morgan fingerprint density at radius 1 is 1.10 bits per heavy atom. The van der Waals surface area contributed by atoms with Crippen LogP contribution in [0.1, 0.15) is 24.5 Å². The highest BCUT2D eigenvalue weighted by Gasteiger charge is 2.64. The number of Topliss-reactive ketones (excluding diaryl/α,β-unsaturated/α-hetero) is 2. The third kappa shape index (κ3) is 3.81. The first-order valence-corrected chi connectivity index (χ1v) is 12.7. The molecule has 2 unspecified atom stereocenters. The zero-order valence-electron chi connectivity index (χ0n) is 22.1. The lowest BCUT2D eigenvalue weighted by molar-refractivity contribution is -0.153. The molecule has 1 saturated carbocycles. The van der Waals surface area contributed by atoms with Crippen LogP contribution >= 0.6 is 0 Å². The van der Waals surface area contributed by atoms with Crippen molar-refractivity contribution in [1.29, 1.82) is 0 Å². The van der Waals surface area contributed by atoms with Gasteiger partial charge in [-0.3, -0.25) is 24.1 Å². The van der Waals surface area contributed by atoms with Gasteiger partial charge in [0.25, 0.3) is 5.91 Å². The minimum atomic E-state index is -2.69. The Kier molecular flexibility index (Phi) is 6.31. The van der Waals surface area contributed by atoms with Crippen molar-refractivity contribution in [3.63, 3.8) is 0 Å². The van der Waals surface area contributed by atoms with Crippen molar-refractivity contribution >= 4 is 34.8 Å². The van der Waals surface area contributed by atoms with Crippen molar-refractivity contribution in [2.75, 3.05) is 19.4 Å². The van der Waals surface area contributed by atoms with Gasteiger partial charge in [-0.2, -0.15) is 0 Å².